The molecule has 1 aromatic rings. The molecule has 1 N–H and O–H groups in total. The molecule has 1 aromatic carbocycles. The van der Waals surface area contributed by atoms with Gasteiger partial charge in [0.25, 0.3) is 0 Å². The van der Waals surface area contributed by atoms with Gasteiger partial charge in [-0.2, -0.15) is 0 Å². The van der Waals surface area contributed by atoms with Crippen LogP contribution in [0.1, 0.15) is 33.3 Å². The van der Waals surface area contributed by atoms with Gasteiger partial charge in [-0.15, -0.1) is 0 Å². The van der Waals surface area contributed by atoms with Crippen LogP contribution >= 0.6 is 15.9 Å². The van der Waals surface area contributed by atoms with Gasteiger partial charge in [0.1, 0.15) is 11.1 Å². The summed E-state index contributed by atoms with van der Waals surface area (Å²) in [6.07, 6.45) is 0. The number of piperazine rings is 1. The number of carbonyl (C=O) groups is 2. The van der Waals surface area contributed by atoms with Crippen molar-refractivity contribution in [1.82, 2.24) is 10.2 Å². The zero-order chi connectivity index (χ0) is 15.1. The number of nitrogens with one attached hydrogen (secondary N) is 1. The van der Waals surface area contributed by atoms with Gasteiger partial charge in [-0.1, -0.05) is 34.1 Å². The average molecular weight is 339 g/mol. The lowest BCUT2D eigenvalue weighted by Gasteiger charge is -2.47. The Morgan fingerprint density at radius 3 is 2.35 bits per heavy atom. The molecule has 5 heteroatoms. The van der Waals surface area contributed by atoms with E-state index < -0.39 is 11.1 Å². The van der Waals surface area contributed by atoms with Gasteiger partial charge in [0.2, 0.25) is 11.8 Å². The summed E-state index contributed by atoms with van der Waals surface area (Å²) in [6.45, 7) is 7.41. The molecule has 0 bridgehead atoms. The summed E-state index contributed by atoms with van der Waals surface area (Å²) in [7, 11) is 0. The van der Waals surface area contributed by atoms with Gasteiger partial charge in [0.05, 0.1) is 0 Å². The molecule has 0 spiro atoms. The van der Waals surface area contributed by atoms with Crippen molar-refractivity contribution < 1.29 is 9.59 Å². The molecule has 0 radical (unpaired) electrons. The number of nitrogens with zero attached hydrogens (tertiary/aromatic N) is 1. The summed E-state index contributed by atoms with van der Waals surface area (Å²) in [4.78, 5) is 26.5. The first kappa shape index (κ1) is 15.0. The van der Waals surface area contributed by atoms with E-state index in [1.165, 1.54) is 0 Å². The van der Waals surface area contributed by atoms with E-state index in [1.807, 2.05) is 24.3 Å². The van der Waals surface area contributed by atoms with E-state index in [-0.39, 0.29) is 11.8 Å². The molecule has 1 heterocycles. The quantitative estimate of drug-likeness (QED) is 0.900. The minimum absolute atomic E-state index is 0.0714. The first-order valence-corrected chi connectivity index (χ1v) is 7.33. The van der Waals surface area contributed by atoms with Crippen LogP contribution < -0.4 is 5.32 Å². The van der Waals surface area contributed by atoms with Crippen LogP contribution in [0.3, 0.4) is 0 Å². The highest BCUT2D eigenvalue weighted by atomic mass is 79.9. The molecule has 108 valence electrons. The molecule has 1 aliphatic heterocycles. The van der Waals surface area contributed by atoms with Crippen molar-refractivity contribution in [2.45, 2.75) is 45.3 Å². The first-order chi connectivity index (χ1) is 9.16. The van der Waals surface area contributed by atoms with Crippen LogP contribution in [0.2, 0.25) is 0 Å². The summed E-state index contributed by atoms with van der Waals surface area (Å²) in [5.74, 6) is -0.202. The van der Waals surface area contributed by atoms with Crippen LogP contribution in [0.5, 0.6) is 0 Å². The van der Waals surface area contributed by atoms with E-state index in [4.69, 9.17) is 0 Å². The molecule has 0 unspecified atom stereocenters. The number of amides is 2. The van der Waals surface area contributed by atoms with E-state index in [9.17, 15) is 9.59 Å². The zero-order valence-electron chi connectivity index (χ0n) is 12.2. The van der Waals surface area contributed by atoms with Crippen molar-refractivity contribution in [1.29, 1.82) is 0 Å². The fraction of sp³-hybridized carbons (Fsp3) is 0.467. The fourth-order valence-corrected chi connectivity index (χ4v) is 2.68. The Morgan fingerprint density at radius 1 is 1.15 bits per heavy atom. The molecule has 1 fully saturated rings. The maximum absolute atomic E-state index is 12.6. The highest BCUT2D eigenvalue weighted by molar-refractivity contribution is 9.10. The topological polar surface area (TPSA) is 49.4 Å². The molecule has 1 saturated heterocycles. The summed E-state index contributed by atoms with van der Waals surface area (Å²) in [6, 6.07) is 7.73. The van der Waals surface area contributed by atoms with Crippen LogP contribution in [-0.2, 0) is 16.1 Å². The third kappa shape index (κ3) is 2.46. The monoisotopic (exact) mass is 338 g/mol. The maximum Gasteiger partial charge on any atom is 0.248 e. The Balaban J connectivity index is 2.39. The van der Waals surface area contributed by atoms with E-state index in [0.717, 1.165) is 10.0 Å². The van der Waals surface area contributed by atoms with E-state index in [2.05, 4.69) is 21.2 Å². The lowest BCUT2D eigenvalue weighted by atomic mass is 9.89. The number of halogens is 1. The van der Waals surface area contributed by atoms with Crippen molar-refractivity contribution in [3.05, 3.63) is 34.3 Å². The number of benzene rings is 1. The summed E-state index contributed by atoms with van der Waals surface area (Å²) in [5, 5.41) is 2.78. The van der Waals surface area contributed by atoms with Gasteiger partial charge >= 0.3 is 0 Å². The lowest BCUT2D eigenvalue weighted by molar-refractivity contribution is -0.160. The number of rotatable bonds is 2. The van der Waals surface area contributed by atoms with E-state index >= 15 is 0 Å². The summed E-state index contributed by atoms with van der Waals surface area (Å²) in [5.41, 5.74) is -0.741. The molecule has 2 rings (SSSR count). The third-order valence-corrected chi connectivity index (χ3v) is 4.50. The fourth-order valence-electron chi connectivity index (χ4n) is 2.27. The number of carbonyl (C=O) groups excluding carboxylic acids is 2. The average Bonchev–Trinajstić information content (AvgIpc) is 2.34. The molecule has 0 atom stereocenters. The number of hydrogen-bond acceptors (Lipinski definition) is 2. The minimum Gasteiger partial charge on any atom is -0.340 e. The van der Waals surface area contributed by atoms with Crippen molar-refractivity contribution in [3.63, 3.8) is 0 Å². The Kier molecular flexibility index (Phi) is 3.67. The SMILES string of the molecule is CC1(C)NC(=O)C(C)(C)N(Cc2ccccc2Br)C1=O. The molecule has 0 saturated carbocycles. The molecule has 4 nitrogen and oxygen atoms in total. The maximum atomic E-state index is 12.6. The van der Waals surface area contributed by atoms with Crippen molar-refractivity contribution >= 4 is 27.7 Å². The van der Waals surface area contributed by atoms with E-state index in [1.54, 1.807) is 32.6 Å². The van der Waals surface area contributed by atoms with Gasteiger partial charge < -0.3 is 10.2 Å². The van der Waals surface area contributed by atoms with Crippen LogP contribution in [0.25, 0.3) is 0 Å². The number of hydrogen-bond donors (Lipinski definition) is 1. The van der Waals surface area contributed by atoms with Gasteiger partial charge in [-0.25, -0.2) is 0 Å². The molecular formula is C15H19BrN2O2. The minimum atomic E-state index is -0.867. The van der Waals surface area contributed by atoms with Gasteiger partial charge in [0.15, 0.2) is 0 Å². The summed E-state index contributed by atoms with van der Waals surface area (Å²) >= 11 is 3.49. The smallest absolute Gasteiger partial charge is 0.248 e. The first-order valence-electron chi connectivity index (χ1n) is 6.54. The Hall–Kier alpha value is -1.36. The highest BCUT2D eigenvalue weighted by Crippen LogP contribution is 2.29. The molecule has 0 aliphatic carbocycles. The van der Waals surface area contributed by atoms with Gasteiger partial charge in [-0.05, 0) is 39.3 Å². The second kappa shape index (κ2) is 4.88. The predicted octanol–water partition coefficient (Wildman–Crippen LogP) is 2.46. The lowest BCUT2D eigenvalue weighted by Crippen LogP contribution is -2.71. The van der Waals surface area contributed by atoms with Crippen LogP contribution in [0, 0.1) is 0 Å². The molecule has 20 heavy (non-hydrogen) atoms. The summed E-state index contributed by atoms with van der Waals surface area (Å²) < 4.78 is 0.937. The van der Waals surface area contributed by atoms with Crippen molar-refractivity contribution in [2.75, 3.05) is 0 Å². The largest absolute Gasteiger partial charge is 0.340 e. The van der Waals surface area contributed by atoms with Crippen LogP contribution in [0.15, 0.2) is 28.7 Å². The van der Waals surface area contributed by atoms with Crippen molar-refractivity contribution in [2.24, 2.45) is 0 Å². The van der Waals surface area contributed by atoms with Crippen molar-refractivity contribution in [3.8, 4) is 0 Å². The third-order valence-electron chi connectivity index (χ3n) is 3.72. The molecule has 0 aromatic heterocycles. The van der Waals surface area contributed by atoms with E-state index in [0.29, 0.717) is 6.54 Å². The molecule has 2 amide bonds. The second-order valence-corrected chi connectivity index (χ2v) is 6.98. The zero-order valence-corrected chi connectivity index (χ0v) is 13.7. The molecule has 1 aliphatic rings. The Morgan fingerprint density at radius 2 is 1.75 bits per heavy atom. The van der Waals surface area contributed by atoms with Crippen LogP contribution in [0.4, 0.5) is 0 Å². The van der Waals surface area contributed by atoms with Gasteiger partial charge in [-0.3, -0.25) is 9.59 Å². The predicted molar refractivity (Wildman–Crippen MR) is 81.0 cm³/mol. The molecular weight excluding hydrogens is 320 g/mol. The normalized spacial score (nSPS) is 20.8. The highest BCUT2D eigenvalue weighted by Gasteiger charge is 2.49. The van der Waals surface area contributed by atoms with Gasteiger partial charge in [0, 0.05) is 11.0 Å². The standard InChI is InChI=1S/C15H19BrN2O2/c1-14(2)13(20)18(15(3,4)12(19)17-14)9-10-7-5-6-8-11(10)16/h5-8H,9H2,1-4H3,(H,17,19). The van der Waals surface area contributed by atoms with Crippen LogP contribution in [-0.4, -0.2) is 27.8 Å². The second-order valence-electron chi connectivity index (χ2n) is 6.12. The Labute approximate surface area is 127 Å². The Bertz CT molecular complexity index is 567.